The first-order valence-corrected chi connectivity index (χ1v) is 5.55. The van der Waals surface area contributed by atoms with Gasteiger partial charge in [0.1, 0.15) is 6.54 Å². The smallest absolute Gasteiger partial charge is 0.325 e. The molecule has 0 fully saturated rings. The fraction of sp³-hybridized carbons (Fsp3) is 0.818. The van der Waals surface area contributed by atoms with Gasteiger partial charge in [0.2, 0.25) is 5.91 Å². The van der Waals surface area contributed by atoms with E-state index in [1.165, 1.54) is 12.0 Å². The highest BCUT2D eigenvalue weighted by atomic mass is 16.5. The van der Waals surface area contributed by atoms with Crippen molar-refractivity contribution in [1.82, 2.24) is 4.90 Å². The van der Waals surface area contributed by atoms with Gasteiger partial charge in [0.05, 0.1) is 13.2 Å². The van der Waals surface area contributed by atoms with E-state index in [1.54, 1.807) is 0 Å². The Morgan fingerprint density at radius 2 is 1.94 bits per heavy atom. The largest absolute Gasteiger partial charge is 0.468 e. The third kappa shape index (κ3) is 4.61. The number of carbonyl (C=O) groups is 2. The Balaban J connectivity index is 4.51. The predicted octanol–water partition coefficient (Wildman–Crippen LogP) is 0.381. The van der Waals surface area contributed by atoms with Crippen molar-refractivity contribution in [2.75, 3.05) is 20.2 Å². The zero-order valence-corrected chi connectivity index (χ0v) is 10.5. The summed E-state index contributed by atoms with van der Waals surface area (Å²) in [6, 6.07) is -0.559. The molecule has 5 nitrogen and oxygen atoms in total. The minimum absolute atomic E-state index is 0.0242. The summed E-state index contributed by atoms with van der Waals surface area (Å²) in [5.74, 6) is -0.551. The number of ether oxygens (including phenoxy) is 1. The van der Waals surface area contributed by atoms with Gasteiger partial charge in [-0.1, -0.05) is 20.8 Å². The standard InChI is InChI=1S/C11H22N2O3/c1-5-6-13(7-9(14)16-4)11(15)10(12)8(2)3/h8,10H,5-7,12H2,1-4H3/t10-/m0/s1. The van der Waals surface area contributed by atoms with Crippen LogP contribution in [0.1, 0.15) is 27.2 Å². The third-order valence-electron chi connectivity index (χ3n) is 2.36. The van der Waals surface area contributed by atoms with Crippen LogP contribution in [0.5, 0.6) is 0 Å². The van der Waals surface area contributed by atoms with E-state index in [4.69, 9.17) is 5.73 Å². The minimum Gasteiger partial charge on any atom is -0.468 e. The van der Waals surface area contributed by atoms with Crippen LogP contribution in [0.4, 0.5) is 0 Å². The molecule has 0 unspecified atom stereocenters. The zero-order chi connectivity index (χ0) is 12.7. The molecule has 16 heavy (non-hydrogen) atoms. The molecule has 0 aliphatic rings. The number of esters is 1. The summed E-state index contributed by atoms with van der Waals surface area (Å²) in [4.78, 5) is 24.5. The maximum Gasteiger partial charge on any atom is 0.325 e. The van der Waals surface area contributed by atoms with Gasteiger partial charge in [0.25, 0.3) is 0 Å². The lowest BCUT2D eigenvalue weighted by molar-refractivity contribution is -0.147. The van der Waals surface area contributed by atoms with Gasteiger partial charge in [-0.2, -0.15) is 0 Å². The lowest BCUT2D eigenvalue weighted by atomic mass is 10.0. The number of rotatable bonds is 6. The summed E-state index contributed by atoms with van der Waals surface area (Å²) in [6.07, 6.45) is 0.785. The molecule has 0 aromatic carbocycles. The summed E-state index contributed by atoms with van der Waals surface area (Å²) in [5, 5.41) is 0. The topological polar surface area (TPSA) is 72.6 Å². The summed E-state index contributed by atoms with van der Waals surface area (Å²) >= 11 is 0. The Morgan fingerprint density at radius 1 is 1.38 bits per heavy atom. The van der Waals surface area contributed by atoms with Crippen LogP contribution < -0.4 is 5.73 Å². The van der Waals surface area contributed by atoms with Crippen LogP contribution in [0.3, 0.4) is 0 Å². The van der Waals surface area contributed by atoms with Crippen LogP contribution in [-0.2, 0) is 14.3 Å². The predicted molar refractivity (Wildman–Crippen MR) is 61.7 cm³/mol. The molecule has 94 valence electrons. The van der Waals surface area contributed by atoms with E-state index >= 15 is 0 Å². The van der Waals surface area contributed by atoms with Gasteiger partial charge in [-0.25, -0.2) is 0 Å². The Labute approximate surface area is 96.9 Å². The molecule has 0 aromatic rings. The molecular formula is C11H22N2O3. The van der Waals surface area contributed by atoms with E-state index in [9.17, 15) is 9.59 Å². The molecule has 0 saturated heterocycles. The first kappa shape index (κ1) is 14.9. The molecule has 0 aromatic heterocycles. The molecule has 0 aliphatic carbocycles. The maximum atomic E-state index is 11.9. The molecular weight excluding hydrogens is 208 g/mol. The van der Waals surface area contributed by atoms with Gasteiger partial charge in [0, 0.05) is 6.54 Å². The van der Waals surface area contributed by atoms with E-state index < -0.39 is 12.0 Å². The Morgan fingerprint density at radius 3 is 2.31 bits per heavy atom. The summed E-state index contributed by atoms with van der Waals surface area (Å²) < 4.78 is 4.54. The molecule has 0 saturated carbocycles. The SMILES string of the molecule is CCCN(CC(=O)OC)C(=O)[C@@H](N)C(C)C. The lowest BCUT2D eigenvalue weighted by Gasteiger charge is -2.25. The van der Waals surface area contributed by atoms with Crippen LogP contribution in [-0.4, -0.2) is 43.0 Å². The molecule has 0 spiro atoms. The Kier molecular flexibility index (Phi) is 6.72. The number of nitrogens with zero attached hydrogens (tertiary/aromatic N) is 1. The van der Waals surface area contributed by atoms with Gasteiger partial charge in [-0.05, 0) is 12.3 Å². The number of hydrogen-bond acceptors (Lipinski definition) is 4. The monoisotopic (exact) mass is 230 g/mol. The van der Waals surface area contributed by atoms with Gasteiger partial charge in [0.15, 0.2) is 0 Å². The second-order valence-electron chi connectivity index (χ2n) is 4.11. The average molecular weight is 230 g/mol. The molecule has 0 heterocycles. The Bertz CT molecular complexity index is 241. The van der Waals surface area contributed by atoms with Gasteiger partial charge in [-0.3, -0.25) is 9.59 Å². The minimum atomic E-state index is -0.559. The van der Waals surface area contributed by atoms with Gasteiger partial charge >= 0.3 is 5.97 Å². The molecule has 2 N–H and O–H groups in total. The molecule has 1 amide bonds. The number of hydrogen-bond donors (Lipinski definition) is 1. The number of carbonyl (C=O) groups excluding carboxylic acids is 2. The fourth-order valence-electron chi connectivity index (χ4n) is 1.25. The summed E-state index contributed by atoms with van der Waals surface area (Å²) in [7, 11) is 1.30. The third-order valence-corrected chi connectivity index (χ3v) is 2.36. The van der Waals surface area contributed by atoms with Crippen LogP contribution >= 0.6 is 0 Å². The highest BCUT2D eigenvalue weighted by Crippen LogP contribution is 2.04. The molecule has 0 bridgehead atoms. The second kappa shape index (κ2) is 7.22. The average Bonchev–Trinajstić information content (AvgIpc) is 2.26. The molecule has 0 rings (SSSR count). The highest BCUT2D eigenvalue weighted by Gasteiger charge is 2.24. The van der Waals surface area contributed by atoms with E-state index in [2.05, 4.69) is 4.74 Å². The van der Waals surface area contributed by atoms with E-state index in [0.717, 1.165) is 6.42 Å². The van der Waals surface area contributed by atoms with Crippen LogP contribution in [0.2, 0.25) is 0 Å². The van der Waals surface area contributed by atoms with Gasteiger partial charge < -0.3 is 15.4 Å². The van der Waals surface area contributed by atoms with E-state index in [-0.39, 0.29) is 18.4 Å². The van der Waals surface area contributed by atoms with Crippen LogP contribution in [0, 0.1) is 5.92 Å². The van der Waals surface area contributed by atoms with Crippen molar-refractivity contribution < 1.29 is 14.3 Å². The van der Waals surface area contributed by atoms with Crippen LogP contribution in [0.25, 0.3) is 0 Å². The summed E-state index contributed by atoms with van der Waals surface area (Å²) in [6.45, 7) is 6.20. The second-order valence-corrected chi connectivity index (χ2v) is 4.11. The normalized spacial score (nSPS) is 12.4. The number of methoxy groups -OCH3 is 1. The van der Waals surface area contributed by atoms with E-state index in [0.29, 0.717) is 6.54 Å². The van der Waals surface area contributed by atoms with Gasteiger partial charge in [-0.15, -0.1) is 0 Å². The zero-order valence-electron chi connectivity index (χ0n) is 10.5. The number of nitrogens with two attached hydrogens (primary N) is 1. The molecule has 0 aliphatic heterocycles. The van der Waals surface area contributed by atoms with Crippen molar-refractivity contribution in [2.24, 2.45) is 11.7 Å². The lowest BCUT2D eigenvalue weighted by Crippen LogP contribution is -2.48. The van der Waals surface area contributed by atoms with Crippen molar-refractivity contribution >= 4 is 11.9 Å². The summed E-state index contributed by atoms with van der Waals surface area (Å²) in [5.41, 5.74) is 5.77. The molecule has 5 heteroatoms. The molecule has 1 atom stereocenters. The van der Waals surface area contributed by atoms with E-state index in [1.807, 2.05) is 20.8 Å². The quantitative estimate of drug-likeness (QED) is 0.670. The first-order valence-electron chi connectivity index (χ1n) is 5.55. The van der Waals surface area contributed by atoms with Crippen molar-refractivity contribution in [3.8, 4) is 0 Å². The first-order chi connectivity index (χ1) is 7.43. The highest BCUT2D eigenvalue weighted by molar-refractivity contribution is 5.85. The van der Waals surface area contributed by atoms with Crippen molar-refractivity contribution in [3.05, 3.63) is 0 Å². The van der Waals surface area contributed by atoms with Crippen LogP contribution in [0.15, 0.2) is 0 Å². The van der Waals surface area contributed by atoms with Crippen molar-refractivity contribution in [2.45, 2.75) is 33.2 Å². The van der Waals surface area contributed by atoms with Crippen molar-refractivity contribution in [3.63, 3.8) is 0 Å². The number of amides is 1. The van der Waals surface area contributed by atoms with Crippen molar-refractivity contribution in [1.29, 1.82) is 0 Å². The fourth-order valence-corrected chi connectivity index (χ4v) is 1.25. The maximum absolute atomic E-state index is 11.9. The Hall–Kier alpha value is -1.10. The molecule has 0 radical (unpaired) electrons.